The smallest absolute Gasteiger partial charge is 0.255 e. The van der Waals surface area contributed by atoms with Gasteiger partial charge in [0.25, 0.3) is 5.91 Å². The van der Waals surface area contributed by atoms with E-state index in [4.69, 9.17) is 11.6 Å². The molecule has 0 aromatic heterocycles. The molecule has 0 aliphatic heterocycles. The van der Waals surface area contributed by atoms with Crippen LogP contribution in [0.25, 0.3) is 0 Å². The molecule has 0 saturated heterocycles. The third-order valence-corrected chi connectivity index (χ3v) is 4.17. The van der Waals surface area contributed by atoms with Crippen LogP contribution in [0.3, 0.4) is 0 Å². The van der Waals surface area contributed by atoms with Gasteiger partial charge >= 0.3 is 0 Å². The Balaban J connectivity index is 2.24. The van der Waals surface area contributed by atoms with E-state index >= 15 is 0 Å². The molecule has 2 aromatic carbocycles. The minimum absolute atomic E-state index is 0.116. The van der Waals surface area contributed by atoms with Gasteiger partial charge in [-0.05, 0) is 52.7 Å². The lowest BCUT2D eigenvalue weighted by Gasteiger charge is -2.19. The SMILES string of the molecule is Cc1ccc(C(=O)N(C)Cc2c(F)cccc2Cl)c(Br)c1. The highest BCUT2D eigenvalue weighted by atomic mass is 79.9. The maximum Gasteiger partial charge on any atom is 0.255 e. The first-order chi connectivity index (χ1) is 9.90. The van der Waals surface area contributed by atoms with Gasteiger partial charge in [-0.1, -0.05) is 23.7 Å². The van der Waals surface area contributed by atoms with Crippen molar-refractivity contribution in [1.29, 1.82) is 0 Å². The molecule has 1 amide bonds. The topological polar surface area (TPSA) is 20.3 Å². The third-order valence-electron chi connectivity index (χ3n) is 3.16. The summed E-state index contributed by atoms with van der Waals surface area (Å²) in [6.45, 7) is 2.06. The number of hydrogen-bond donors (Lipinski definition) is 0. The van der Waals surface area contributed by atoms with Crippen molar-refractivity contribution in [1.82, 2.24) is 4.90 Å². The van der Waals surface area contributed by atoms with E-state index < -0.39 is 5.82 Å². The Morgan fingerprint density at radius 3 is 2.67 bits per heavy atom. The molecule has 2 nitrogen and oxygen atoms in total. The molecule has 0 radical (unpaired) electrons. The largest absolute Gasteiger partial charge is 0.337 e. The molecule has 110 valence electrons. The average molecular weight is 371 g/mol. The van der Waals surface area contributed by atoms with E-state index in [-0.39, 0.29) is 12.5 Å². The molecular formula is C16H14BrClFNO. The van der Waals surface area contributed by atoms with Crippen molar-refractivity contribution in [2.45, 2.75) is 13.5 Å². The van der Waals surface area contributed by atoms with Crippen LogP contribution in [0.5, 0.6) is 0 Å². The average Bonchev–Trinajstić information content (AvgIpc) is 2.42. The summed E-state index contributed by atoms with van der Waals surface area (Å²) in [5.74, 6) is -0.605. The molecule has 0 aliphatic rings. The number of carbonyl (C=O) groups excluding carboxylic acids is 1. The molecule has 0 fully saturated rings. The second-order valence-electron chi connectivity index (χ2n) is 4.84. The van der Waals surface area contributed by atoms with Crippen LogP contribution in [0.4, 0.5) is 4.39 Å². The van der Waals surface area contributed by atoms with E-state index in [9.17, 15) is 9.18 Å². The first-order valence-electron chi connectivity index (χ1n) is 6.34. The Labute approximate surface area is 136 Å². The number of benzene rings is 2. The lowest BCUT2D eigenvalue weighted by Crippen LogP contribution is -2.27. The van der Waals surface area contributed by atoms with Gasteiger partial charge in [0.05, 0.1) is 5.56 Å². The zero-order valence-corrected chi connectivity index (χ0v) is 14.0. The highest BCUT2D eigenvalue weighted by Crippen LogP contribution is 2.23. The van der Waals surface area contributed by atoms with E-state index in [0.717, 1.165) is 10.0 Å². The monoisotopic (exact) mass is 369 g/mol. The molecular weight excluding hydrogens is 357 g/mol. The second kappa shape index (κ2) is 6.58. The summed E-state index contributed by atoms with van der Waals surface area (Å²) in [6, 6.07) is 9.97. The molecule has 21 heavy (non-hydrogen) atoms. The molecule has 0 spiro atoms. The fourth-order valence-electron chi connectivity index (χ4n) is 1.99. The van der Waals surface area contributed by atoms with Gasteiger partial charge in [0.2, 0.25) is 0 Å². The van der Waals surface area contributed by atoms with Crippen LogP contribution in [0.2, 0.25) is 5.02 Å². The van der Waals surface area contributed by atoms with Crippen molar-refractivity contribution in [2.24, 2.45) is 0 Å². The number of carbonyl (C=O) groups is 1. The van der Waals surface area contributed by atoms with Crippen LogP contribution < -0.4 is 0 Å². The Hall–Kier alpha value is -1.39. The Kier molecular flexibility index (Phi) is 5.01. The van der Waals surface area contributed by atoms with Crippen LogP contribution in [-0.4, -0.2) is 17.9 Å². The molecule has 2 rings (SSSR count). The lowest BCUT2D eigenvalue weighted by molar-refractivity contribution is 0.0783. The summed E-state index contributed by atoms with van der Waals surface area (Å²) in [6.07, 6.45) is 0. The zero-order valence-electron chi connectivity index (χ0n) is 11.7. The molecule has 0 saturated carbocycles. The number of hydrogen-bond acceptors (Lipinski definition) is 1. The van der Waals surface area contributed by atoms with Crippen molar-refractivity contribution in [3.8, 4) is 0 Å². The zero-order chi connectivity index (χ0) is 15.6. The Morgan fingerprint density at radius 2 is 2.05 bits per heavy atom. The van der Waals surface area contributed by atoms with Gasteiger partial charge in [-0.2, -0.15) is 0 Å². The highest BCUT2D eigenvalue weighted by Gasteiger charge is 2.17. The Bertz CT molecular complexity index is 670. The van der Waals surface area contributed by atoms with Crippen molar-refractivity contribution in [2.75, 3.05) is 7.05 Å². The van der Waals surface area contributed by atoms with Crippen molar-refractivity contribution in [3.05, 3.63) is 68.4 Å². The Morgan fingerprint density at radius 1 is 1.33 bits per heavy atom. The van der Waals surface area contributed by atoms with Crippen LogP contribution in [0, 0.1) is 12.7 Å². The van der Waals surface area contributed by atoms with Crippen LogP contribution >= 0.6 is 27.5 Å². The van der Waals surface area contributed by atoms with Crippen LogP contribution in [-0.2, 0) is 6.54 Å². The molecule has 0 heterocycles. The number of halogens is 3. The number of rotatable bonds is 3. The molecule has 5 heteroatoms. The van der Waals surface area contributed by atoms with E-state index in [0.29, 0.717) is 16.1 Å². The summed E-state index contributed by atoms with van der Waals surface area (Å²) in [5.41, 5.74) is 1.91. The van der Waals surface area contributed by atoms with Gasteiger partial charge in [-0.25, -0.2) is 4.39 Å². The molecule has 0 N–H and O–H groups in total. The maximum atomic E-state index is 13.8. The highest BCUT2D eigenvalue weighted by molar-refractivity contribution is 9.10. The van der Waals surface area contributed by atoms with Crippen molar-refractivity contribution >= 4 is 33.4 Å². The van der Waals surface area contributed by atoms with Gasteiger partial charge < -0.3 is 4.90 Å². The minimum atomic E-state index is -0.412. The standard InChI is InChI=1S/C16H14BrClFNO/c1-10-6-7-11(13(17)8-10)16(21)20(2)9-12-14(18)4-3-5-15(12)19/h3-8H,9H2,1-2H3. The summed E-state index contributed by atoms with van der Waals surface area (Å²) in [7, 11) is 1.62. The predicted octanol–water partition coefficient (Wildman–Crippen LogP) is 4.82. The number of nitrogens with zero attached hydrogens (tertiary/aromatic N) is 1. The van der Waals surface area contributed by atoms with E-state index in [1.54, 1.807) is 25.2 Å². The van der Waals surface area contributed by atoms with Gasteiger partial charge in [-0.3, -0.25) is 4.79 Å². The molecule has 0 bridgehead atoms. The molecule has 2 aromatic rings. The van der Waals surface area contributed by atoms with Gasteiger partial charge in [0.15, 0.2) is 0 Å². The first-order valence-corrected chi connectivity index (χ1v) is 7.51. The van der Waals surface area contributed by atoms with Gasteiger partial charge in [-0.15, -0.1) is 0 Å². The van der Waals surface area contributed by atoms with Crippen molar-refractivity contribution in [3.63, 3.8) is 0 Å². The lowest BCUT2D eigenvalue weighted by atomic mass is 10.1. The summed E-state index contributed by atoms with van der Waals surface area (Å²) in [4.78, 5) is 13.9. The quantitative estimate of drug-likeness (QED) is 0.758. The second-order valence-corrected chi connectivity index (χ2v) is 6.11. The van der Waals surface area contributed by atoms with E-state index in [1.165, 1.54) is 11.0 Å². The molecule has 0 unspecified atom stereocenters. The predicted molar refractivity (Wildman–Crippen MR) is 86.1 cm³/mol. The number of aryl methyl sites for hydroxylation is 1. The first kappa shape index (κ1) is 16.0. The van der Waals surface area contributed by atoms with Crippen LogP contribution in [0.15, 0.2) is 40.9 Å². The fraction of sp³-hybridized carbons (Fsp3) is 0.188. The van der Waals surface area contributed by atoms with E-state index in [1.807, 2.05) is 19.1 Å². The normalized spacial score (nSPS) is 10.5. The summed E-state index contributed by atoms with van der Waals surface area (Å²) in [5, 5.41) is 0.317. The minimum Gasteiger partial charge on any atom is -0.337 e. The molecule has 0 atom stereocenters. The number of amides is 1. The van der Waals surface area contributed by atoms with Crippen molar-refractivity contribution < 1.29 is 9.18 Å². The van der Waals surface area contributed by atoms with Crippen LogP contribution in [0.1, 0.15) is 21.5 Å². The summed E-state index contributed by atoms with van der Waals surface area (Å²) < 4.78 is 14.5. The van der Waals surface area contributed by atoms with Gasteiger partial charge in [0, 0.05) is 28.7 Å². The fourth-order valence-corrected chi connectivity index (χ4v) is 2.88. The maximum absolute atomic E-state index is 13.8. The van der Waals surface area contributed by atoms with E-state index in [2.05, 4.69) is 15.9 Å². The third kappa shape index (κ3) is 3.63. The summed E-state index contributed by atoms with van der Waals surface area (Å²) >= 11 is 9.37. The molecule has 0 aliphatic carbocycles. The van der Waals surface area contributed by atoms with Gasteiger partial charge in [0.1, 0.15) is 5.82 Å².